The molecule has 0 unspecified atom stereocenters. The molecular weight excluding hydrogens is 287 g/mol. The van der Waals surface area contributed by atoms with Crippen molar-refractivity contribution in [1.82, 2.24) is 4.90 Å². The molecule has 0 rings (SSSR count). The molecule has 0 aromatic heterocycles. The Balaban J connectivity index is 4.65. The van der Waals surface area contributed by atoms with E-state index in [1.54, 1.807) is 0 Å². The molecule has 0 aromatic carbocycles. The first-order valence-corrected chi connectivity index (χ1v) is 9.41. The van der Waals surface area contributed by atoms with E-state index in [1.807, 2.05) is 0 Å². The van der Waals surface area contributed by atoms with Crippen LogP contribution < -0.4 is 0 Å². The third kappa shape index (κ3) is 11.1. The quantitative estimate of drug-likeness (QED) is 0.271. The van der Waals surface area contributed by atoms with Crippen molar-refractivity contribution in [1.29, 1.82) is 0 Å². The molecule has 0 bridgehead atoms. The van der Waals surface area contributed by atoms with Crippen LogP contribution in [0.1, 0.15) is 0 Å². The van der Waals surface area contributed by atoms with Gasteiger partial charge in [0.1, 0.15) is 0 Å². The van der Waals surface area contributed by atoms with Gasteiger partial charge in [0.25, 0.3) is 0 Å². The Labute approximate surface area is 91.1 Å². The molecule has 0 aromatic rings. The van der Waals surface area contributed by atoms with Crippen LogP contribution in [-0.4, -0.2) is 58.0 Å². The average molecular weight is 301 g/mol. The molecule has 13 heteroatoms. The van der Waals surface area contributed by atoms with Gasteiger partial charge in [0.2, 0.25) is 0 Å². The van der Waals surface area contributed by atoms with Crippen LogP contribution >= 0.6 is 23.1 Å². The van der Waals surface area contributed by atoms with E-state index < -0.39 is 42.0 Å². The van der Waals surface area contributed by atoms with E-state index in [4.69, 9.17) is 34.3 Å². The first-order chi connectivity index (χ1) is 6.79. The van der Waals surface area contributed by atoms with E-state index in [-0.39, 0.29) is 0 Å². The Bertz CT molecular complexity index is 288. The molecule has 7 N–H and O–H groups in total. The molecule has 0 heterocycles. The van der Waals surface area contributed by atoms with Crippen LogP contribution in [0.3, 0.4) is 0 Å². The number of hydrogen-bond donors (Lipinski definition) is 7. The van der Waals surface area contributed by atoms with E-state index in [9.17, 15) is 9.13 Å². The van der Waals surface area contributed by atoms with Crippen LogP contribution in [0.4, 0.5) is 0 Å². The standard InChI is InChI=1S/C3H14NO9P3/c5-14(6,7)1-4(2-15(8,9)10)3-16(11,12)13/h5-7,14H,1-3H2,(H2,8,9,10)(H2,11,12,13). The van der Waals surface area contributed by atoms with Gasteiger partial charge in [0.15, 0.2) is 0 Å². The van der Waals surface area contributed by atoms with E-state index in [1.165, 1.54) is 0 Å². The molecule has 0 saturated heterocycles. The van der Waals surface area contributed by atoms with E-state index >= 15 is 0 Å². The topological polar surface area (TPSA) is 179 Å². The summed E-state index contributed by atoms with van der Waals surface area (Å²) < 4.78 is 21.2. The minimum absolute atomic E-state index is 0.410. The summed E-state index contributed by atoms with van der Waals surface area (Å²) in [5, 5.41) is 0. The van der Waals surface area contributed by atoms with Gasteiger partial charge in [0.05, 0.1) is 0 Å². The summed E-state index contributed by atoms with van der Waals surface area (Å²) in [7, 11) is -13.9. The Hall–Kier alpha value is 0.570. The Morgan fingerprint density at radius 3 is 1.38 bits per heavy atom. The molecule has 0 aliphatic rings. The zero-order valence-corrected chi connectivity index (χ0v) is 10.7. The second kappa shape index (κ2) is 5.48. The van der Waals surface area contributed by atoms with E-state index in [0.717, 1.165) is 0 Å². The molecule has 100 valence electrons. The van der Waals surface area contributed by atoms with Gasteiger partial charge in [-0.1, -0.05) is 0 Å². The van der Waals surface area contributed by atoms with Gasteiger partial charge >= 0.3 is 90.3 Å². The zero-order valence-electron chi connectivity index (χ0n) is 7.91. The normalized spacial score (nSPS) is 15.5. The van der Waals surface area contributed by atoms with Gasteiger partial charge in [-0.2, -0.15) is 0 Å². The summed E-state index contributed by atoms with van der Waals surface area (Å²) in [6.45, 7) is 0. The van der Waals surface area contributed by atoms with E-state index in [2.05, 4.69) is 0 Å². The van der Waals surface area contributed by atoms with E-state index in [0.29, 0.717) is 4.90 Å². The number of hydrogen-bond acceptors (Lipinski definition) is 6. The molecule has 0 saturated carbocycles. The van der Waals surface area contributed by atoms with Crippen molar-refractivity contribution in [2.75, 3.05) is 18.9 Å². The predicted molar refractivity (Wildman–Crippen MR) is 55.5 cm³/mol. The van der Waals surface area contributed by atoms with Crippen LogP contribution in [0.15, 0.2) is 0 Å². The van der Waals surface area contributed by atoms with Crippen molar-refractivity contribution < 1.29 is 43.4 Å². The summed E-state index contributed by atoms with van der Waals surface area (Å²) >= 11 is 0. The Morgan fingerprint density at radius 2 is 1.19 bits per heavy atom. The second-order valence-corrected chi connectivity index (χ2v) is 8.30. The summed E-state index contributed by atoms with van der Waals surface area (Å²) in [6, 6.07) is 0. The first kappa shape index (κ1) is 16.6. The second-order valence-electron chi connectivity index (χ2n) is 3.22. The molecule has 0 spiro atoms. The predicted octanol–water partition coefficient (Wildman–Crippen LogP) is -2.01. The molecule has 0 atom stereocenters. The SMILES string of the molecule is O=P(O)(O)CN(CP(=O)(O)O)C[PH](O)(O)O. The van der Waals surface area contributed by atoms with Gasteiger partial charge in [-0.05, 0) is 0 Å². The van der Waals surface area contributed by atoms with Crippen molar-refractivity contribution in [3.8, 4) is 0 Å². The summed E-state index contributed by atoms with van der Waals surface area (Å²) in [6.07, 6.45) is -3.17. The first-order valence-electron chi connectivity index (χ1n) is 3.77. The fraction of sp³-hybridized carbons (Fsp3) is 1.00. The van der Waals surface area contributed by atoms with Crippen LogP contribution in [0.5, 0.6) is 0 Å². The molecule has 16 heavy (non-hydrogen) atoms. The maximum atomic E-state index is 10.6. The monoisotopic (exact) mass is 301 g/mol. The molecule has 0 aliphatic heterocycles. The molecule has 0 radical (unpaired) electrons. The molecule has 0 aliphatic carbocycles. The maximum absolute atomic E-state index is 10.6. The number of rotatable bonds is 6. The molecule has 10 nitrogen and oxygen atoms in total. The minimum atomic E-state index is -4.68. The number of nitrogens with zero attached hydrogens (tertiary/aromatic N) is 1. The third-order valence-corrected chi connectivity index (χ3v) is 3.61. The summed E-state index contributed by atoms with van der Waals surface area (Å²) in [4.78, 5) is 60.7. The van der Waals surface area contributed by atoms with Crippen molar-refractivity contribution in [2.45, 2.75) is 0 Å². The molecular formula is C3H14NO9P3. The zero-order chi connectivity index (χ0) is 13.2. The van der Waals surface area contributed by atoms with Crippen LogP contribution in [0, 0.1) is 0 Å². The van der Waals surface area contributed by atoms with Gasteiger partial charge in [-0.25, -0.2) is 0 Å². The van der Waals surface area contributed by atoms with Crippen LogP contribution in [-0.2, 0) is 9.13 Å². The Morgan fingerprint density at radius 1 is 0.875 bits per heavy atom. The van der Waals surface area contributed by atoms with Crippen LogP contribution in [0.25, 0.3) is 0 Å². The van der Waals surface area contributed by atoms with Crippen molar-refractivity contribution >= 4 is 23.1 Å². The molecule has 0 amide bonds. The van der Waals surface area contributed by atoms with Crippen molar-refractivity contribution in [3.05, 3.63) is 0 Å². The third-order valence-electron chi connectivity index (χ3n) is 1.20. The summed E-state index contributed by atoms with van der Waals surface area (Å²) in [5.41, 5.74) is 0. The summed E-state index contributed by atoms with van der Waals surface area (Å²) in [5.74, 6) is 0. The molecule has 0 fully saturated rings. The van der Waals surface area contributed by atoms with Gasteiger partial charge in [0, 0.05) is 0 Å². The van der Waals surface area contributed by atoms with Gasteiger partial charge in [-0.15, -0.1) is 0 Å². The van der Waals surface area contributed by atoms with Crippen molar-refractivity contribution in [3.63, 3.8) is 0 Å². The fourth-order valence-corrected chi connectivity index (χ4v) is 3.77. The Kier molecular flexibility index (Phi) is 5.67. The van der Waals surface area contributed by atoms with Crippen molar-refractivity contribution in [2.24, 2.45) is 0 Å². The van der Waals surface area contributed by atoms with Gasteiger partial charge in [-0.3, -0.25) is 0 Å². The van der Waals surface area contributed by atoms with Gasteiger partial charge < -0.3 is 0 Å². The van der Waals surface area contributed by atoms with Crippen LogP contribution in [0.2, 0.25) is 0 Å². The average Bonchev–Trinajstić information content (AvgIpc) is 1.70. The fourth-order valence-electron chi connectivity index (χ4n) is 0.966.